The van der Waals surface area contributed by atoms with Crippen molar-refractivity contribution in [2.24, 2.45) is 5.41 Å². The van der Waals surface area contributed by atoms with E-state index in [2.05, 4.69) is 29.1 Å². The predicted molar refractivity (Wildman–Crippen MR) is 97.4 cm³/mol. The van der Waals surface area contributed by atoms with Gasteiger partial charge in [0.05, 0.1) is 0 Å². The fourth-order valence-electron chi connectivity index (χ4n) is 3.42. The number of urea groups is 1. The topological polar surface area (TPSA) is 63.1 Å². The van der Waals surface area contributed by atoms with Gasteiger partial charge in [0.15, 0.2) is 0 Å². The van der Waals surface area contributed by atoms with Gasteiger partial charge in [-0.25, -0.2) is 14.8 Å². The number of hydrogen-bond acceptors (Lipinski definition) is 3. The van der Waals surface area contributed by atoms with Gasteiger partial charge in [-0.15, -0.1) is 0 Å². The Bertz CT molecular complexity index is 700. The summed E-state index contributed by atoms with van der Waals surface area (Å²) < 4.78 is 1.86. The van der Waals surface area contributed by atoms with E-state index in [1.54, 1.807) is 18.7 Å². The van der Waals surface area contributed by atoms with Crippen LogP contribution in [0.1, 0.15) is 45.1 Å². The van der Waals surface area contributed by atoms with E-state index < -0.39 is 0 Å². The van der Waals surface area contributed by atoms with Crippen LogP contribution < -0.4 is 5.32 Å². The summed E-state index contributed by atoms with van der Waals surface area (Å²) in [6, 6.07) is 4.17. The average Bonchev–Trinajstić information content (AvgIpc) is 3.14. The molecule has 0 radical (unpaired) electrons. The Balaban J connectivity index is 1.60. The molecule has 0 atom stereocenters. The molecule has 1 aliphatic carbocycles. The maximum atomic E-state index is 12.6. The lowest BCUT2D eigenvalue weighted by atomic mass is 9.75. The Kier molecular flexibility index (Phi) is 5.06. The van der Waals surface area contributed by atoms with Crippen LogP contribution >= 0.6 is 0 Å². The van der Waals surface area contributed by atoms with Gasteiger partial charge >= 0.3 is 6.03 Å². The summed E-state index contributed by atoms with van der Waals surface area (Å²) in [5.41, 5.74) is 1.37. The Morgan fingerprint density at radius 3 is 2.80 bits per heavy atom. The molecule has 6 heteroatoms. The maximum absolute atomic E-state index is 12.6. The highest BCUT2D eigenvalue weighted by Gasteiger charge is 2.30. The minimum atomic E-state index is -0.0230. The third-order valence-corrected chi connectivity index (χ3v) is 5.22. The number of nitrogens with zero attached hydrogens (tertiary/aromatic N) is 4. The molecule has 2 aromatic heterocycles. The fraction of sp³-hybridized carbons (Fsp3) is 0.526. The first kappa shape index (κ1) is 17.5. The van der Waals surface area contributed by atoms with Gasteiger partial charge in [0.25, 0.3) is 0 Å². The number of rotatable bonds is 4. The van der Waals surface area contributed by atoms with Gasteiger partial charge in [-0.3, -0.25) is 4.57 Å². The molecular formula is C19H27N5O. The number of nitrogens with one attached hydrogen (secondary N) is 1. The molecule has 1 saturated carbocycles. The van der Waals surface area contributed by atoms with E-state index in [4.69, 9.17) is 0 Å². The Morgan fingerprint density at radius 1 is 1.36 bits per heavy atom. The molecule has 0 saturated heterocycles. The smallest absolute Gasteiger partial charge is 0.317 e. The first-order chi connectivity index (χ1) is 12.0. The third kappa shape index (κ3) is 4.18. The summed E-state index contributed by atoms with van der Waals surface area (Å²) in [5, 5.41) is 3.03. The number of hydrogen-bond donors (Lipinski definition) is 1. The van der Waals surface area contributed by atoms with Gasteiger partial charge in [0, 0.05) is 43.8 Å². The second-order valence-electron chi connectivity index (χ2n) is 7.62. The number of amides is 2. The highest BCUT2D eigenvalue weighted by atomic mass is 16.2. The molecule has 1 N–H and O–H groups in total. The average molecular weight is 341 g/mol. The summed E-state index contributed by atoms with van der Waals surface area (Å²) in [5.74, 6) is 0.794. The molecular weight excluding hydrogens is 314 g/mol. The standard InChI is InChI=1S/C19H27N5O/c1-19(2)8-6-16(7-9-19)23(3)18(25)22-13-15-5-4-10-21-17(15)24-12-11-20-14-24/h4-5,10-12,14,16H,6-9,13H2,1-3H3,(H,22,25). The van der Waals surface area contributed by atoms with E-state index in [9.17, 15) is 4.79 Å². The Morgan fingerprint density at radius 2 is 2.12 bits per heavy atom. The largest absolute Gasteiger partial charge is 0.334 e. The molecule has 0 aromatic carbocycles. The normalized spacial score (nSPS) is 17.2. The molecule has 134 valence electrons. The molecule has 0 spiro atoms. The van der Waals surface area contributed by atoms with E-state index in [1.165, 1.54) is 12.8 Å². The predicted octanol–water partition coefficient (Wildman–Crippen LogP) is 3.38. The SMILES string of the molecule is CN(C(=O)NCc1cccnc1-n1ccnc1)C1CCC(C)(C)CC1. The van der Waals surface area contributed by atoms with Gasteiger partial charge in [-0.1, -0.05) is 19.9 Å². The quantitative estimate of drug-likeness (QED) is 0.927. The lowest BCUT2D eigenvalue weighted by molar-refractivity contribution is 0.134. The highest BCUT2D eigenvalue weighted by molar-refractivity contribution is 5.74. The zero-order valence-electron chi connectivity index (χ0n) is 15.3. The minimum absolute atomic E-state index is 0.0230. The maximum Gasteiger partial charge on any atom is 0.317 e. The zero-order valence-corrected chi connectivity index (χ0v) is 15.3. The first-order valence-corrected chi connectivity index (χ1v) is 8.89. The fourth-order valence-corrected chi connectivity index (χ4v) is 3.42. The number of carbonyl (C=O) groups excluding carboxylic acids is 1. The van der Waals surface area contributed by atoms with Crippen molar-refractivity contribution in [2.45, 2.75) is 52.1 Å². The van der Waals surface area contributed by atoms with E-state index in [-0.39, 0.29) is 6.03 Å². The highest BCUT2D eigenvalue weighted by Crippen LogP contribution is 2.36. The Labute approximate surface area is 149 Å². The van der Waals surface area contributed by atoms with Crippen LogP contribution in [0.25, 0.3) is 5.82 Å². The number of aromatic nitrogens is 3. The van der Waals surface area contributed by atoms with Crippen LogP contribution in [0.2, 0.25) is 0 Å². The molecule has 6 nitrogen and oxygen atoms in total. The van der Waals surface area contributed by atoms with Crippen molar-refractivity contribution >= 4 is 6.03 Å². The summed E-state index contributed by atoms with van der Waals surface area (Å²) >= 11 is 0. The van der Waals surface area contributed by atoms with Crippen LogP contribution in [0.4, 0.5) is 4.79 Å². The van der Waals surface area contributed by atoms with Crippen LogP contribution in [0, 0.1) is 5.41 Å². The Hall–Kier alpha value is -2.37. The van der Waals surface area contributed by atoms with Gasteiger partial charge in [-0.05, 0) is 37.2 Å². The minimum Gasteiger partial charge on any atom is -0.334 e. The lowest BCUT2D eigenvalue weighted by Crippen LogP contribution is -2.45. The van der Waals surface area contributed by atoms with Crippen molar-refractivity contribution in [3.63, 3.8) is 0 Å². The van der Waals surface area contributed by atoms with Crippen molar-refractivity contribution in [1.82, 2.24) is 24.8 Å². The van der Waals surface area contributed by atoms with Gasteiger partial charge < -0.3 is 10.2 Å². The molecule has 0 bridgehead atoms. The van der Waals surface area contributed by atoms with Crippen LogP contribution in [-0.2, 0) is 6.54 Å². The second kappa shape index (κ2) is 7.25. The van der Waals surface area contributed by atoms with Crippen LogP contribution in [0.3, 0.4) is 0 Å². The van der Waals surface area contributed by atoms with Crippen LogP contribution in [0.15, 0.2) is 37.1 Å². The van der Waals surface area contributed by atoms with Gasteiger partial charge in [0.2, 0.25) is 0 Å². The molecule has 0 aliphatic heterocycles. The lowest BCUT2D eigenvalue weighted by Gasteiger charge is -2.38. The molecule has 0 unspecified atom stereocenters. The van der Waals surface area contributed by atoms with Crippen molar-refractivity contribution in [2.75, 3.05) is 7.05 Å². The van der Waals surface area contributed by atoms with Crippen molar-refractivity contribution in [1.29, 1.82) is 0 Å². The van der Waals surface area contributed by atoms with Crippen LogP contribution in [-0.4, -0.2) is 38.6 Å². The summed E-state index contributed by atoms with van der Waals surface area (Å²) in [6.07, 6.45) is 11.5. The number of carbonyl (C=O) groups is 1. The van der Waals surface area contributed by atoms with E-state index in [1.807, 2.05) is 34.8 Å². The molecule has 2 aromatic rings. The molecule has 1 aliphatic rings. The van der Waals surface area contributed by atoms with Crippen molar-refractivity contribution in [3.05, 3.63) is 42.6 Å². The summed E-state index contributed by atoms with van der Waals surface area (Å²) in [4.78, 5) is 22.9. The number of pyridine rings is 1. The van der Waals surface area contributed by atoms with E-state index in [0.29, 0.717) is 18.0 Å². The van der Waals surface area contributed by atoms with Gasteiger partial charge in [-0.2, -0.15) is 0 Å². The monoisotopic (exact) mass is 341 g/mol. The first-order valence-electron chi connectivity index (χ1n) is 8.89. The van der Waals surface area contributed by atoms with Crippen molar-refractivity contribution < 1.29 is 4.79 Å². The zero-order chi connectivity index (χ0) is 17.9. The van der Waals surface area contributed by atoms with Crippen molar-refractivity contribution in [3.8, 4) is 5.82 Å². The molecule has 1 fully saturated rings. The molecule has 2 amide bonds. The molecule has 2 heterocycles. The summed E-state index contributed by atoms with van der Waals surface area (Å²) in [7, 11) is 1.90. The second-order valence-corrected chi connectivity index (χ2v) is 7.62. The van der Waals surface area contributed by atoms with E-state index >= 15 is 0 Å². The number of imidazole rings is 1. The molecule has 3 rings (SSSR count). The molecule has 25 heavy (non-hydrogen) atoms. The van der Waals surface area contributed by atoms with E-state index in [0.717, 1.165) is 24.2 Å². The van der Waals surface area contributed by atoms with Gasteiger partial charge in [0.1, 0.15) is 12.1 Å². The third-order valence-electron chi connectivity index (χ3n) is 5.22. The summed E-state index contributed by atoms with van der Waals surface area (Å²) in [6.45, 7) is 5.06. The van der Waals surface area contributed by atoms with Crippen LogP contribution in [0.5, 0.6) is 0 Å².